The van der Waals surface area contributed by atoms with E-state index in [0.29, 0.717) is 17.0 Å². The first kappa shape index (κ1) is 13.5. The van der Waals surface area contributed by atoms with Gasteiger partial charge in [0.15, 0.2) is 10.4 Å². The van der Waals surface area contributed by atoms with Crippen LogP contribution in [0.4, 0.5) is 0 Å². The molecule has 1 aliphatic carbocycles. The predicted octanol–water partition coefficient (Wildman–Crippen LogP) is 4.22. The van der Waals surface area contributed by atoms with Gasteiger partial charge in [-0.2, -0.15) is 0 Å². The summed E-state index contributed by atoms with van der Waals surface area (Å²) >= 11 is 3.24. The van der Waals surface area contributed by atoms with Crippen LogP contribution in [0.5, 0.6) is 0 Å². The number of hydrogen-bond donors (Lipinski definition) is 0. The Kier molecular flexibility index (Phi) is 3.96. The van der Waals surface area contributed by atoms with Crippen molar-refractivity contribution in [3.8, 4) is 0 Å². The SMILES string of the molecule is O=C(c1ccc(Br)o1)N(Cc1ccco1)C1CCCC1. The fourth-order valence-electron chi connectivity index (χ4n) is 2.72. The second-order valence-corrected chi connectivity index (χ2v) is 5.84. The second-order valence-electron chi connectivity index (χ2n) is 5.05. The molecule has 0 atom stereocenters. The number of furan rings is 2. The minimum atomic E-state index is -0.0704. The van der Waals surface area contributed by atoms with Crippen molar-refractivity contribution in [3.63, 3.8) is 0 Å². The molecule has 1 fully saturated rings. The van der Waals surface area contributed by atoms with Gasteiger partial charge in [0, 0.05) is 6.04 Å². The van der Waals surface area contributed by atoms with Gasteiger partial charge in [-0.25, -0.2) is 0 Å². The lowest BCUT2D eigenvalue weighted by atomic mass is 10.2. The van der Waals surface area contributed by atoms with E-state index in [9.17, 15) is 4.79 Å². The molecule has 2 heterocycles. The third kappa shape index (κ3) is 2.82. The van der Waals surface area contributed by atoms with Gasteiger partial charge < -0.3 is 13.7 Å². The van der Waals surface area contributed by atoms with Gasteiger partial charge in [0.25, 0.3) is 5.91 Å². The molecule has 0 saturated heterocycles. The fourth-order valence-corrected chi connectivity index (χ4v) is 3.03. The highest BCUT2D eigenvalue weighted by molar-refractivity contribution is 9.10. The van der Waals surface area contributed by atoms with E-state index in [-0.39, 0.29) is 11.9 Å². The first-order valence-corrected chi connectivity index (χ1v) is 7.62. The molecule has 3 rings (SSSR count). The Labute approximate surface area is 125 Å². The van der Waals surface area contributed by atoms with Crippen LogP contribution in [0, 0.1) is 0 Å². The van der Waals surface area contributed by atoms with E-state index in [0.717, 1.165) is 18.6 Å². The van der Waals surface area contributed by atoms with Gasteiger partial charge in [-0.15, -0.1) is 0 Å². The van der Waals surface area contributed by atoms with Gasteiger partial charge in [-0.05, 0) is 53.0 Å². The average molecular weight is 338 g/mol. The molecule has 1 aliphatic rings. The maximum Gasteiger partial charge on any atom is 0.290 e. The Bertz CT molecular complexity index is 570. The van der Waals surface area contributed by atoms with E-state index >= 15 is 0 Å². The maximum absolute atomic E-state index is 12.6. The summed E-state index contributed by atoms with van der Waals surface area (Å²) in [6.45, 7) is 0.495. The van der Waals surface area contributed by atoms with E-state index in [1.54, 1.807) is 18.4 Å². The Hall–Kier alpha value is -1.49. The zero-order valence-corrected chi connectivity index (χ0v) is 12.6. The highest BCUT2D eigenvalue weighted by Gasteiger charge is 2.29. The third-order valence-electron chi connectivity index (χ3n) is 3.72. The topological polar surface area (TPSA) is 46.6 Å². The summed E-state index contributed by atoms with van der Waals surface area (Å²) in [5.41, 5.74) is 0. The van der Waals surface area contributed by atoms with Gasteiger partial charge in [-0.1, -0.05) is 12.8 Å². The Morgan fingerprint density at radius 3 is 2.70 bits per heavy atom. The summed E-state index contributed by atoms with van der Waals surface area (Å²) in [6, 6.07) is 7.46. The normalized spacial score (nSPS) is 15.7. The number of amides is 1. The highest BCUT2D eigenvalue weighted by Crippen LogP contribution is 2.27. The van der Waals surface area contributed by atoms with Crippen LogP contribution in [0.1, 0.15) is 42.0 Å². The predicted molar refractivity (Wildman–Crippen MR) is 77.2 cm³/mol. The van der Waals surface area contributed by atoms with Gasteiger partial charge in [0.1, 0.15) is 5.76 Å². The molecule has 1 amide bonds. The van der Waals surface area contributed by atoms with Crippen molar-refractivity contribution in [2.75, 3.05) is 0 Å². The largest absolute Gasteiger partial charge is 0.467 e. The van der Waals surface area contributed by atoms with E-state index in [1.165, 1.54) is 12.8 Å². The molecule has 4 nitrogen and oxygen atoms in total. The van der Waals surface area contributed by atoms with E-state index < -0.39 is 0 Å². The molecule has 1 saturated carbocycles. The Morgan fingerprint density at radius 2 is 2.10 bits per heavy atom. The van der Waals surface area contributed by atoms with Crippen molar-refractivity contribution in [1.82, 2.24) is 4.90 Å². The number of carbonyl (C=O) groups is 1. The lowest BCUT2D eigenvalue weighted by Gasteiger charge is -2.27. The molecule has 2 aromatic heterocycles. The molecule has 106 valence electrons. The van der Waals surface area contributed by atoms with Crippen LogP contribution < -0.4 is 0 Å². The van der Waals surface area contributed by atoms with Crippen LogP contribution >= 0.6 is 15.9 Å². The van der Waals surface area contributed by atoms with Crippen LogP contribution in [0.3, 0.4) is 0 Å². The molecule has 0 aliphatic heterocycles. The molecular weight excluding hydrogens is 322 g/mol. The van der Waals surface area contributed by atoms with E-state index in [2.05, 4.69) is 15.9 Å². The van der Waals surface area contributed by atoms with Gasteiger partial charge >= 0.3 is 0 Å². The van der Waals surface area contributed by atoms with E-state index in [4.69, 9.17) is 8.83 Å². The summed E-state index contributed by atoms with van der Waals surface area (Å²) in [4.78, 5) is 14.5. The van der Waals surface area contributed by atoms with E-state index in [1.807, 2.05) is 17.0 Å². The molecule has 0 N–H and O–H groups in total. The molecule has 0 bridgehead atoms. The molecule has 0 unspecified atom stereocenters. The first-order chi connectivity index (χ1) is 9.74. The number of nitrogens with zero attached hydrogens (tertiary/aromatic N) is 1. The smallest absolute Gasteiger partial charge is 0.290 e. The Morgan fingerprint density at radius 1 is 1.30 bits per heavy atom. The number of hydrogen-bond acceptors (Lipinski definition) is 3. The summed E-state index contributed by atoms with van der Waals surface area (Å²) in [7, 11) is 0. The zero-order chi connectivity index (χ0) is 13.9. The van der Waals surface area contributed by atoms with Crippen molar-refractivity contribution in [2.45, 2.75) is 38.3 Å². The number of halogens is 1. The molecule has 0 radical (unpaired) electrons. The lowest BCUT2D eigenvalue weighted by Crippen LogP contribution is -2.38. The van der Waals surface area contributed by atoms with Crippen molar-refractivity contribution >= 4 is 21.8 Å². The molecule has 0 spiro atoms. The molecule has 5 heteroatoms. The maximum atomic E-state index is 12.6. The minimum absolute atomic E-state index is 0.0704. The highest BCUT2D eigenvalue weighted by atomic mass is 79.9. The van der Waals surface area contributed by atoms with Crippen LogP contribution in [-0.4, -0.2) is 16.8 Å². The lowest BCUT2D eigenvalue weighted by molar-refractivity contribution is 0.0615. The minimum Gasteiger partial charge on any atom is -0.467 e. The molecule has 2 aromatic rings. The van der Waals surface area contributed by atoms with Crippen molar-refractivity contribution in [2.24, 2.45) is 0 Å². The summed E-state index contributed by atoms with van der Waals surface area (Å²) in [5, 5.41) is 0. The first-order valence-electron chi connectivity index (χ1n) is 6.83. The number of rotatable bonds is 4. The summed E-state index contributed by atoms with van der Waals surface area (Å²) in [5.74, 6) is 1.10. The van der Waals surface area contributed by atoms with Crippen LogP contribution in [0.15, 0.2) is 44.0 Å². The van der Waals surface area contributed by atoms with Crippen LogP contribution in [-0.2, 0) is 6.54 Å². The second kappa shape index (κ2) is 5.87. The quantitative estimate of drug-likeness (QED) is 0.839. The zero-order valence-electron chi connectivity index (χ0n) is 11.0. The van der Waals surface area contributed by atoms with Gasteiger partial charge in [-0.3, -0.25) is 4.79 Å². The van der Waals surface area contributed by atoms with Crippen LogP contribution in [0.25, 0.3) is 0 Å². The monoisotopic (exact) mass is 337 g/mol. The summed E-state index contributed by atoms with van der Waals surface area (Å²) in [6.07, 6.45) is 6.08. The molecule has 20 heavy (non-hydrogen) atoms. The number of carbonyl (C=O) groups excluding carboxylic acids is 1. The fraction of sp³-hybridized carbons (Fsp3) is 0.400. The average Bonchev–Trinajstić information content (AvgIpc) is 3.17. The van der Waals surface area contributed by atoms with Crippen molar-refractivity contribution < 1.29 is 13.6 Å². The van der Waals surface area contributed by atoms with Crippen molar-refractivity contribution in [3.05, 3.63) is 46.7 Å². The van der Waals surface area contributed by atoms with Gasteiger partial charge in [0.05, 0.1) is 12.8 Å². The third-order valence-corrected chi connectivity index (χ3v) is 4.14. The molecular formula is C15H16BrNO3. The molecule has 0 aromatic carbocycles. The van der Waals surface area contributed by atoms with Crippen molar-refractivity contribution in [1.29, 1.82) is 0 Å². The van der Waals surface area contributed by atoms with Crippen LogP contribution in [0.2, 0.25) is 0 Å². The standard InChI is InChI=1S/C15H16BrNO3/c16-14-8-7-13(20-14)15(18)17(11-4-1-2-5-11)10-12-6-3-9-19-12/h3,6-9,11H,1-2,4-5,10H2. The summed E-state index contributed by atoms with van der Waals surface area (Å²) < 4.78 is 11.4. The van der Waals surface area contributed by atoms with Gasteiger partial charge in [0.2, 0.25) is 0 Å². The Balaban J connectivity index is 1.82.